The maximum Gasteiger partial charge on any atom is 0.119 e. The molecule has 1 atom stereocenters. The summed E-state index contributed by atoms with van der Waals surface area (Å²) >= 11 is 1.80. The van der Waals surface area contributed by atoms with E-state index in [0.29, 0.717) is 0 Å². The molecule has 3 N–H and O–H groups in total. The summed E-state index contributed by atoms with van der Waals surface area (Å²) in [5, 5.41) is 9.28. The summed E-state index contributed by atoms with van der Waals surface area (Å²) in [6, 6.07) is 12.8. The quantitative estimate of drug-likeness (QED) is 0.605. The lowest BCUT2D eigenvalue weighted by Crippen LogP contribution is -2.40. The largest absolute Gasteiger partial charge is 0.494 e. The van der Waals surface area contributed by atoms with Gasteiger partial charge in [0.2, 0.25) is 0 Å². The molecule has 27 heavy (non-hydrogen) atoms. The van der Waals surface area contributed by atoms with Crippen molar-refractivity contribution in [2.75, 3.05) is 13.2 Å². The molecule has 4 heteroatoms. The highest BCUT2D eigenvalue weighted by Crippen LogP contribution is 2.31. The van der Waals surface area contributed by atoms with Crippen molar-refractivity contribution in [2.24, 2.45) is 11.7 Å². The molecule has 3 nitrogen and oxygen atoms in total. The van der Waals surface area contributed by atoms with E-state index in [1.165, 1.54) is 53.8 Å². The van der Waals surface area contributed by atoms with Crippen LogP contribution in [-0.4, -0.2) is 23.9 Å². The molecule has 1 unspecified atom stereocenters. The summed E-state index contributed by atoms with van der Waals surface area (Å²) in [6.07, 6.45) is 9.84. The van der Waals surface area contributed by atoms with E-state index in [2.05, 4.69) is 36.4 Å². The fraction of sp³-hybridized carbons (Fsp3) is 0.565. The lowest BCUT2D eigenvalue weighted by Gasteiger charge is -2.21. The lowest BCUT2D eigenvalue weighted by molar-refractivity contribution is 0.201. The van der Waals surface area contributed by atoms with Gasteiger partial charge in [-0.3, -0.25) is 0 Å². The zero-order valence-corrected chi connectivity index (χ0v) is 17.3. The molecule has 0 aliphatic heterocycles. The van der Waals surface area contributed by atoms with E-state index < -0.39 is 5.54 Å². The molecule has 1 aromatic carbocycles. The Hall–Kier alpha value is -1.36. The van der Waals surface area contributed by atoms with E-state index in [1.54, 1.807) is 11.3 Å². The van der Waals surface area contributed by atoms with Crippen LogP contribution < -0.4 is 10.5 Å². The number of hydrogen-bond donors (Lipinski definition) is 2. The molecule has 148 valence electrons. The molecule has 1 aliphatic rings. The first-order valence-corrected chi connectivity index (χ1v) is 11.1. The van der Waals surface area contributed by atoms with E-state index in [9.17, 15) is 5.11 Å². The van der Waals surface area contributed by atoms with E-state index in [4.69, 9.17) is 10.5 Å². The van der Waals surface area contributed by atoms with E-state index in [1.807, 2.05) is 6.92 Å². The van der Waals surface area contributed by atoms with Gasteiger partial charge in [-0.25, -0.2) is 0 Å². The standard InChI is InChI=1S/C23H33NO2S/c1-23(24,17-25)15-13-21-11-12-22(27-21)19-7-9-20(10-8-19)26-16-14-18-5-3-2-4-6-18/h7-12,18,25H,2-6,13-17,24H2,1H3. The zero-order chi connectivity index (χ0) is 19.1. The van der Waals surface area contributed by atoms with Crippen LogP contribution in [0.5, 0.6) is 5.75 Å². The lowest BCUT2D eigenvalue weighted by atomic mass is 9.87. The first-order valence-electron chi connectivity index (χ1n) is 10.3. The van der Waals surface area contributed by atoms with E-state index in [0.717, 1.165) is 31.1 Å². The molecule has 0 spiro atoms. The monoisotopic (exact) mass is 387 g/mol. The molecular weight excluding hydrogens is 354 g/mol. The predicted molar refractivity (Wildman–Crippen MR) is 114 cm³/mol. The van der Waals surface area contributed by atoms with Crippen LogP contribution in [0.1, 0.15) is 56.7 Å². The van der Waals surface area contributed by atoms with Crippen molar-refractivity contribution >= 4 is 11.3 Å². The average Bonchev–Trinajstić information content (AvgIpc) is 3.17. The molecule has 1 heterocycles. The SMILES string of the molecule is CC(N)(CO)CCc1ccc(-c2ccc(OCCC3CCCCC3)cc2)s1. The Bertz CT molecular complexity index is 687. The molecule has 0 amide bonds. The fourth-order valence-electron chi connectivity index (χ4n) is 3.69. The van der Waals surface area contributed by atoms with Crippen LogP contribution in [-0.2, 0) is 6.42 Å². The Morgan fingerprint density at radius 1 is 1.11 bits per heavy atom. The molecule has 0 radical (unpaired) electrons. The molecule has 3 rings (SSSR count). The van der Waals surface area contributed by atoms with Crippen molar-refractivity contribution in [3.63, 3.8) is 0 Å². The average molecular weight is 388 g/mol. The highest BCUT2D eigenvalue weighted by Gasteiger charge is 2.17. The second-order valence-electron chi connectivity index (χ2n) is 8.24. The first kappa shape index (κ1) is 20.4. The number of rotatable bonds is 9. The summed E-state index contributed by atoms with van der Waals surface area (Å²) in [7, 11) is 0. The predicted octanol–water partition coefficient (Wildman–Crippen LogP) is 5.41. The topological polar surface area (TPSA) is 55.5 Å². The Morgan fingerprint density at radius 3 is 2.56 bits per heavy atom. The number of benzene rings is 1. The summed E-state index contributed by atoms with van der Waals surface area (Å²) in [5.41, 5.74) is 6.75. The summed E-state index contributed by atoms with van der Waals surface area (Å²) in [4.78, 5) is 2.57. The highest BCUT2D eigenvalue weighted by molar-refractivity contribution is 7.15. The number of thiophene rings is 1. The number of nitrogens with two attached hydrogens (primary N) is 1. The number of aryl methyl sites for hydroxylation is 1. The van der Waals surface area contributed by atoms with Gasteiger partial charge in [-0.2, -0.15) is 0 Å². The third-order valence-electron chi connectivity index (χ3n) is 5.62. The second-order valence-corrected chi connectivity index (χ2v) is 9.41. The maximum absolute atomic E-state index is 9.28. The zero-order valence-electron chi connectivity index (χ0n) is 16.5. The number of hydrogen-bond acceptors (Lipinski definition) is 4. The summed E-state index contributed by atoms with van der Waals surface area (Å²) in [5.74, 6) is 1.83. The summed E-state index contributed by atoms with van der Waals surface area (Å²) < 4.78 is 5.96. The molecule has 1 aliphatic carbocycles. The minimum atomic E-state index is -0.499. The van der Waals surface area contributed by atoms with Gasteiger partial charge in [-0.1, -0.05) is 32.1 Å². The van der Waals surface area contributed by atoms with Crippen molar-refractivity contribution < 1.29 is 9.84 Å². The van der Waals surface area contributed by atoms with Gasteiger partial charge in [0.1, 0.15) is 5.75 Å². The minimum Gasteiger partial charge on any atom is -0.494 e. The van der Waals surface area contributed by atoms with Crippen LogP contribution >= 0.6 is 11.3 Å². The van der Waals surface area contributed by atoms with Gasteiger partial charge in [-0.15, -0.1) is 11.3 Å². The molecular formula is C23H33NO2S. The Morgan fingerprint density at radius 2 is 1.85 bits per heavy atom. The van der Waals surface area contributed by atoms with Gasteiger partial charge >= 0.3 is 0 Å². The van der Waals surface area contributed by atoms with Gasteiger partial charge in [0.25, 0.3) is 0 Å². The second kappa shape index (κ2) is 9.72. The molecule has 0 saturated heterocycles. The Labute approximate surface area is 167 Å². The third kappa shape index (κ3) is 6.34. The van der Waals surface area contributed by atoms with Crippen molar-refractivity contribution in [3.8, 4) is 16.2 Å². The van der Waals surface area contributed by atoms with Gasteiger partial charge in [-0.05, 0) is 74.1 Å². The molecule has 1 fully saturated rings. The van der Waals surface area contributed by atoms with Crippen LogP contribution in [0.3, 0.4) is 0 Å². The van der Waals surface area contributed by atoms with Crippen LogP contribution in [0.4, 0.5) is 0 Å². The first-order chi connectivity index (χ1) is 13.1. The van der Waals surface area contributed by atoms with Gasteiger partial charge in [0.15, 0.2) is 0 Å². The maximum atomic E-state index is 9.28. The normalized spacial score (nSPS) is 17.6. The van der Waals surface area contributed by atoms with Gasteiger partial charge < -0.3 is 15.6 Å². The highest BCUT2D eigenvalue weighted by atomic mass is 32.1. The van der Waals surface area contributed by atoms with E-state index in [-0.39, 0.29) is 6.61 Å². The fourth-order valence-corrected chi connectivity index (χ4v) is 4.70. The molecule has 1 aromatic heterocycles. The van der Waals surface area contributed by atoms with Gasteiger partial charge in [0, 0.05) is 15.3 Å². The molecule has 2 aromatic rings. The van der Waals surface area contributed by atoms with E-state index >= 15 is 0 Å². The van der Waals surface area contributed by atoms with Crippen LogP contribution in [0.2, 0.25) is 0 Å². The van der Waals surface area contributed by atoms with Crippen molar-refractivity contribution in [3.05, 3.63) is 41.3 Å². The van der Waals surface area contributed by atoms with Crippen molar-refractivity contribution in [1.29, 1.82) is 0 Å². The smallest absolute Gasteiger partial charge is 0.119 e. The third-order valence-corrected chi connectivity index (χ3v) is 6.82. The molecule has 0 bridgehead atoms. The Balaban J connectivity index is 1.48. The van der Waals surface area contributed by atoms with Crippen molar-refractivity contribution in [2.45, 2.75) is 63.8 Å². The summed E-state index contributed by atoms with van der Waals surface area (Å²) in [6.45, 7) is 2.75. The van der Waals surface area contributed by atoms with Crippen LogP contribution in [0.25, 0.3) is 10.4 Å². The molecule has 1 saturated carbocycles. The van der Waals surface area contributed by atoms with Crippen LogP contribution in [0, 0.1) is 5.92 Å². The van der Waals surface area contributed by atoms with Crippen LogP contribution in [0.15, 0.2) is 36.4 Å². The van der Waals surface area contributed by atoms with Crippen molar-refractivity contribution in [1.82, 2.24) is 0 Å². The number of aliphatic hydroxyl groups excluding tert-OH is 1. The number of ether oxygens (including phenoxy) is 1. The minimum absolute atomic E-state index is 0.0213. The number of aliphatic hydroxyl groups is 1. The Kier molecular flexibility index (Phi) is 7.33. The van der Waals surface area contributed by atoms with Gasteiger partial charge in [0.05, 0.1) is 13.2 Å².